The molecule has 0 saturated carbocycles. The Morgan fingerprint density at radius 3 is 2.58 bits per heavy atom. The molecule has 0 spiro atoms. The molecule has 2 aromatic rings. The first-order chi connectivity index (χ1) is 12.5. The molecule has 0 aromatic heterocycles. The van der Waals surface area contributed by atoms with E-state index in [-0.39, 0.29) is 18.8 Å². The maximum Gasteiger partial charge on any atom is 0.138 e. The Morgan fingerprint density at radius 2 is 1.88 bits per heavy atom. The van der Waals surface area contributed by atoms with Crippen LogP contribution in [0.2, 0.25) is 5.02 Å². The molecule has 5 heteroatoms. The number of halogens is 1. The van der Waals surface area contributed by atoms with Gasteiger partial charge in [-0.1, -0.05) is 49.7 Å². The average Bonchev–Trinajstić information content (AvgIpc) is 3.10. The SMILES string of the molecule is CC(C)c1ccc(O[C@H]2CNC([C@@H](O)COc3ccccc3Cl)C2)cc1. The number of ether oxygens (including phenoxy) is 2. The summed E-state index contributed by atoms with van der Waals surface area (Å²) in [6, 6.07) is 15.4. The topological polar surface area (TPSA) is 50.7 Å². The zero-order valence-electron chi connectivity index (χ0n) is 15.2. The molecular weight excluding hydrogens is 350 g/mol. The Hall–Kier alpha value is -1.75. The molecule has 1 heterocycles. The Bertz CT molecular complexity index is 705. The average molecular weight is 376 g/mol. The highest BCUT2D eigenvalue weighted by Crippen LogP contribution is 2.25. The number of benzene rings is 2. The summed E-state index contributed by atoms with van der Waals surface area (Å²) in [5.41, 5.74) is 1.30. The first kappa shape index (κ1) is 19.0. The quantitative estimate of drug-likeness (QED) is 0.767. The molecule has 1 aliphatic heterocycles. The highest BCUT2D eigenvalue weighted by atomic mass is 35.5. The summed E-state index contributed by atoms with van der Waals surface area (Å²) in [7, 11) is 0. The van der Waals surface area contributed by atoms with Crippen LogP contribution in [0.1, 0.15) is 31.7 Å². The van der Waals surface area contributed by atoms with Gasteiger partial charge in [0.25, 0.3) is 0 Å². The van der Waals surface area contributed by atoms with Crippen molar-refractivity contribution in [3.8, 4) is 11.5 Å². The number of aliphatic hydroxyl groups is 1. The van der Waals surface area contributed by atoms with E-state index in [9.17, 15) is 5.11 Å². The van der Waals surface area contributed by atoms with Gasteiger partial charge in [-0.2, -0.15) is 0 Å². The molecular formula is C21H26ClNO3. The lowest BCUT2D eigenvalue weighted by Gasteiger charge is -2.19. The van der Waals surface area contributed by atoms with Gasteiger partial charge < -0.3 is 19.9 Å². The predicted octanol–water partition coefficient (Wildman–Crippen LogP) is 4.01. The number of rotatable bonds is 7. The fraction of sp³-hybridized carbons (Fsp3) is 0.429. The molecule has 0 amide bonds. The summed E-state index contributed by atoms with van der Waals surface area (Å²) in [5.74, 6) is 1.96. The van der Waals surface area contributed by atoms with Crippen molar-refractivity contribution in [3.63, 3.8) is 0 Å². The van der Waals surface area contributed by atoms with Gasteiger partial charge in [0, 0.05) is 19.0 Å². The van der Waals surface area contributed by atoms with Crippen molar-refractivity contribution in [2.75, 3.05) is 13.2 Å². The maximum atomic E-state index is 10.4. The maximum absolute atomic E-state index is 10.4. The van der Waals surface area contributed by atoms with Crippen LogP contribution in [0.15, 0.2) is 48.5 Å². The summed E-state index contributed by atoms with van der Waals surface area (Å²) < 4.78 is 11.7. The molecule has 0 bridgehead atoms. The largest absolute Gasteiger partial charge is 0.489 e. The number of hydrogen-bond donors (Lipinski definition) is 2. The van der Waals surface area contributed by atoms with E-state index in [0.717, 1.165) is 12.2 Å². The van der Waals surface area contributed by atoms with Gasteiger partial charge in [0.1, 0.15) is 30.3 Å². The Morgan fingerprint density at radius 1 is 1.15 bits per heavy atom. The zero-order valence-corrected chi connectivity index (χ0v) is 15.9. The van der Waals surface area contributed by atoms with Crippen LogP contribution in [0.3, 0.4) is 0 Å². The molecule has 2 aromatic carbocycles. The van der Waals surface area contributed by atoms with Crippen LogP contribution in [0.25, 0.3) is 0 Å². The second kappa shape index (κ2) is 8.76. The highest BCUT2D eigenvalue weighted by Gasteiger charge is 2.31. The van der Waals surface area contributed by atoms with Crippen LogP contribution in [-0.2, 0) is 0 Å². The van der Waals surface area contributed by atoms with Gasteiger partial charge >= 0.3 is 0 Å². The molecule has 140 valence electrons. The van der Waals surface area contributed by atoms with E-state index in [1.54, 1.807) is 12.1 Å². The van der Waals surface area contributed by atoms with Gasteiger partial charge in [0.05, 0.1) is 5.02 Å². The van der Waals surface area contributed by atoms with E-state index in [1.165, 1.54) is 5.56 Å². The molecule has 2 N–H and O–H groups in total. The molecule has 3 atom stereocenters. The lowest BCUT2D eigenvalue weighted by atomic mass is 10.0. The molecule has 0 aliphatic carbocycles. The van der Waals surface area contributed by atoms with Crippen molar-refractivity contribution in [2.45, 2.75) is 44.4 Å². The molecule has 4 nitrogen and oxygen atoms in total. The molecule has 1 unspecified atom stereocenters. The predicted molar refractivity (Wildman–Crippen MR) is 104 cm³/mol. The normalized spacial score (nSPS) is 21.0. The fourth-order valence-electron chi connectivity index (χ4n) is 3.09. The second-order valence-corrected chi connectivity index (χ2v) is 7.43. The Labute approximate surface area is 160 Å². The van der Waals surface area contributed by atoms with Gasteiger partial charge in [0.15, 0.2) is 0 Å². The summed E-state index contributed by atoms with van der Waals surface area (Å²) in [6.45, 7) is 5.25. The van der Waals surface area contributed by atoms with Crippen LogP contribution in [0.4, 0.5) is 0 Å². The zero-order chi connectivity index (χ0) is 18.5. The molecule has 1 fully saturated rings. The van der Waals surface area contributed by atoms with Gasteiger partial charge in [0.2, 0.25) is 0 Å². The van der Waals surface area contributed by atoms with Gasteiger partial charge in [-0.05, 0) is 35.7 Å². The monoisotopic (exact) mass is 375 g/mol. The lowest BCUT2D eigenvalue weighted by molar-refractivity contribution is 0.0756. The number of aliphatic hydroxyl groups excluding tert-OH is 1. The number of nitrogens with one attached hydrogen (secondary N) is 1. The molecule has 1 saturated heterocycles. The van der Waals surface area contributed by atoms with Crippen molar-refractivity contribution in [1.29, 1.82) is 0 Å². The fourth-order valence-corrected chi connectivity index (χ4v) is 3.28. The van der Waals surface area contributed by atoms with E-state index in [0.29, 0.717) is 23.2 Å². The van der Waals surface area contributed by atoms with Crippen LogP contribution >= 0.6 is 11.6 Å². The highest BCUT2D eigenvalue weighted by molar-refractivity contribution is 6.32. The lowest BCUT2D eigenvalue weighted by Crippen LogP contribution is -2.38. The van der Waals surface area contributed by atoms with Gasteiger partial charge in [-0.25, -0.2) is 0 Å². The number of para-hydroxylation sites is 1. The summed E-state index contributed by atoms with van der Waals surface area (Å²) in [5, 5.41) is 14.3. The third-order valence-corrected chi connectivity index (χ3v) is 5.00. The second-order valence-electron chi connectivity index (χ2n) is 7.02. The summed E-state index contributed by atoms with van der Waals surface area (Å²) >= 11 is 6.07. The van der Waals surface area contributed by atoms with Crippen LogP contribution in [0.5, 0.6) is 11.5 Å². The molecule has 3 rings (SSSR count). The van der Waals surface area contributed by atoms with E-state index in [2.05, 4.69) is 31.3 Å². The minimum Gasteiger partial charge on any atom is -0.489 e. The standard InChI is InChI=1S/C21H26ClNO3/c1-14(2)15-7-9-16(10-8-15)26-17-11-19(23-12-17)20(24)13-25-21-6-4-3-5-18(21)22/h3-10,14,17,19-20,23-24H,11-13H2,1-2H3/t17-,19?,20+/m1/s1. The summed E-state index contributed by atoms with van der Waals surface area (Å²) in [4.78, 5) is 0. The molecule has 26 heavy (non-hydrogen) atoms. The minimum atomic E-state index is -0.622. The first-order valence-electron chi connectivity index (χ1n) is 9.08. The molecule has 0 radical (unpaired) electrons. The van der Waals surface area contributed by atoms with Gasteiger partial charge in [-0.3, -0.25) is 0 Å². The van der Waals surface area contributed by atoms with Crippen LogP contribution < -0.4 is 14.8 Å². The van der Waals surface area contributed by atoms with E-state index >= 15 is 0 Å². The molecule has 1 aliphatic rings. The van der Waals surface area contributed by atoms with Crippen molar-refractivity contribution >= 4 is 11.6 Å². The van der Waals surface area contributed by atoms with E-state index in [1.807, 2.05) is 24.3 Å². The van der Waals surface area contributed by atoms with E-state index < -0.39 is 6.10 Å². The summed E-state index contributed by atoms with van der Waals surface area (Å²) in [6.07, 6.45) is 0.155. The van der Waals surface area contributed by atoms with Crippen LogP contribution in [-0.4, -0.2) is 36.5 Å². The number of hydrogen-bond acceptors (Lipinski definition) is 4. The van der Waals surface area contributed by atoms with Crippen molar-refractivity contribution < 1.29 is 14.6 Å². The first-order valence-corrected chi connectivity index (χ1v) is 9.46. The van der Waals surface area contributed by atoms with Crippen molar-refractivity contribution in [1.82, 2.24) is 5.32 Å². The minimum absolute atomic E-state index is 0.0415. The van der Waals surface area contributed by atoms with Gasteiger partial charge in [-0.15, -0.1) is 0 Å². The van der Waals surface area contributed by atoms with Crippen molar-refractivity contribution in [2.24, 2.45) is 0 Å². The van der Waals surface area contributed by atoms with Crippen molar-refractivity contribution in [3.05, 3.63) is 59.1 Å². The van der Waals surface area contributed by atoms with Crippen LogP contribution in [0, 0.1) is 0 Å². The Kier molecular flexibility index (Phi) is 6.41. The van der Waals surface area contributed by atoms with E-state index in [4.69, 9.17) is 21.1 Å². The smallest absolute Gasteiger partial charge is 0.138 e. The third kappa shape index (κ3) is 4.91. The Balaban J connectivity index is 1.47. The third-order valence-electron chi connectivity index (χ3n) is 4.68.